The van der Waals surface area contributed by atoms with Crippen molar-refractivity contribution in [1.29, 1.82) is 0 Å². The molecule has 124 valence electrons. The van der Waals surface area contributed by atoms with Crippen molar-refractivity contribution in [3.63, 3.8) is 0 Å². The predicted molar refractivity (Wildman–Crippen MR) is 89.4 cm³/mol. The first kappa shape index (κ1) is 18.4. The fourth-order valence-corrected chi connectivity index (χ4v) is 2.99. The van der Waals surface area contributed by atoms with Gasteiger partial charge < -0.3 is 10.6 Å². The van der Waals surface area contributed by atoms with E-state index >= 15 is 0 Å². The fourth-order valence-electron chi connectivity index (χ4n) is 2.99. The average molecular weight is 297 g/mol. The summed E-state index contributed by atoms with van der Waals surface area (Å²) in [6, 6.07) is 0.565. The Morgan fingerprint density at radius 1 is 1.24 bits per heavy atom. The van der Waals surface area contributed by atoms with E-state index in [0.717, 1.165) is 25.6 Å². The molecule has 2 atom stereocenters. The minimum absolute atomic E-state index is 0.0240. The Morgan fingerprint density at radius 3 is 2.29 bits per heavy atom. The van der Waals surface area contributed by atoms with E-state index in [0.29, 0.717) is 6.04 Å². The highest BCUT2D eigenvalue weighted by Crippen LogP contribution is 2.22. The molecule has 21 heavy (non-hydrogen) atoms. The third kappa shape index (κ3) is 6.35. The molecule has 0 radical (unpaired) electrons. The molecule has 1 amide bonds. The van der Waals surface area contributed by atoms with E-state index < -0.39 is 0 Å². The first-order valence-electron chi connectivity index (χ1n) is 8.54. The molecule has 0 spiro atoms. The number of carbonyl (C=O) groups is 1. The molecule has 0 aromatic rings. The standard InChI is InChI=1S/C17H35N3O/c1-7-10-18-13(2)15-8-11-20(12-9-15)14(3)16(21)19-17(4,5)6/h13-15,18H,7-12H2,1-6H3,(H,19,21). The first-order chi connectivity index (χ1) is 9.74. The van der Waals surface area contributed by atoms with Gasteiger partial charge >= 0.3 is 0 Å². The van der Waals surface area contributed by atoms with Crippen molar-refractivity contribution < 1.29 is 4.79 Å². The molecule has 0 aromatic carbocycles. The summed E-state index contributed by atoms with van der Waals surface area (Å²) in [4.78, 5) is 14.6. The van der Waals surface area contributed by atoms with Crippen molar-refractivity contribution in [3.05, 3.63) is 0 Å². The lowest BCUT2D eigenvalue weighted by atomic mass is 9.89. The van der Waals surface area contributed by atoms with Crippen LogP contribution in [0.25, 0.3) is 0 Å². The van der Waals surface area contributed by atoms with Crippen LogP contribution in [0.4, 0.5) is 0 Å². The summed E-state index contributed by atoms with van der Waals surface area (Å²) in [7, 11) is 0. The maximum atomic E-state index is 12.2. The summed E-state index contributed by atoms with van der Waals surface area (Å²) < 4.78 is 0. The third-order valence-electron chi connectivity index (χ3n) is 4.42. The monoisotopic (exact) mass is 297 g/mol. The van der Waals surface area contributed by atoms with Crippen LogP contribution in [0.15, 0.2) is 0 Å². The molecule has 2 N–H and O–H groups in total. The molecule has 0 bridgehead atoms. The molecule has 4 heteroatoms. The largest absolute Gasteiger partial charge is 0.350 e. The van der Waals surface area contributed by atoms with Crippen molar-refractivity contribution in [2.45, 2.75) is 78.4 Å². The van der Waals surface area contributed by atoms with Gasteiger partial charge in [0.2, 0.25) is 5.91 Å². The van der Waals surface area contributed by atoms with Crippen molar-refractivity contribution in [2.24, 2.45) is 5.92 Å². The second-order valence-electron chi connectivity index (χ2n) is 7.53. The molecule has 0 aliphatic carbocycles. The lowest BCUT2D eigenvalue weighted by Crippen LogP contribution is -2.53. The average Bonchev–Trinajstić information content (AvgIpc) is 2.42. The number of carbonyl (C=O) groups excluding carboxylic acids is 1. The molecule has 0 saturated carbocycles. The van der Waals surface area contributed by atoms with E-state index in [9.17, 15) is 4.79 Å². The van der Waals surface area contributed by atoms with E-state index in [4.69, 9.17) is 0 Å². The zero-order chi connectivity index (χ0) is 16.0. The van der Waals surface area contributed by atoms with Gasteiger partial charge in [-0.05, 0) is 79.4 Å². The summed E-state index contributed by atoms with van der Waals surface area (Å²) in [6.07, 6.45) is 3.56. The second-order valence-corrected chi connectivity index (χ2v) is 7.53. The van der Waals surface area contributed by atoms with Crippen LogP contribution in [-0.4, -0.2) is 48.1 Å². The number of rotatable bonds is 6. The lowest BCUT2D eigenvalue weighted by Gasteiger charge is -2.38. The molecular weight excluding hydrogens is 262 g/mol. The highest BCUT2D eigenvalue weighted by Gasteiger charge is 2.29. The summed E-state index contributed by atoms with van der Waals surface area (Å²) in [5, 5.41) is 6.69. The molecule has 1 rings (SSSR count). The van der Waals surface area contributed by atoms with Crippen LogP contribution in [0.5, 0.6) is 0 Å². The summed E-state index contributed by atoms with van der Waals surface area (Å²) in [6.45, 7) is 15.8. The number of nitrogens with one attached hydrogen (secondary N) is 2. The molecule has 2 unspecified atom stereocenters. The molecule has 1 aliphatic rings. The molecule has 1 saturated heterocycles. The van der Waals surface area contributed by atoms with Crippen LogP contribution in [-0.2, 0) is 4.79 Å². The van der Waals surface area contributed by atoms with Crippen LogP contribution in [0, 0.1) is 5.92 Å². The smallest absolute Gasteiger partial charge is 0.237 e. The molecule has 1 aliphatic heterocycles. The van der Waals surface area contributed by atoms with E-state index in [1.54, 1.807) is 0 Å². The molecule has 4 nitrogen and oxygen atoms in total. The van der Waals surface area contributed by atoms with Crippen LogP contribution >= 0.6 is 0 Å². The van der Waals surface area contributed by atoms with Crippen molar-refractivity contribution >= 4 is 5.91 Å². The van der Waals surface area contributed by atoms with E-state index in [1.807, 2.05) is 27.7 Å². The number of hydrogen-bond acceptors (Lipinski definition) is 3. The maximum absolute atomic E-state index is 12.2. The molecule has 1 fully saturated rings. The maximum Gasteiger partial charge on any atom is 0.237 e. The summed E-state index contributed by atoms with van der Waals surface area (Å²) in [5.41, 5.74) is -0.151. The van der Waals surface area contributed by atoms with Crippen molar-refractivity contribution in [1.82, 2.24) is 15.5 Å². The van der Waals surface area contributed by atoms with Gasteiger partial charge in [-0.2, -0.15) is 0 Å². The highest BCUT2D eigenvalue weighted by molar-refractivity contribution is 5.81. The van der Waals surface area contributed by atoms with E-state index in [1.165, 1.54) is 19.3 Å². The van der Waals surface area contributed by atoms with Gasteiger partial charge in [-0.3, -0.25) is 9.69 Å². The van der Waals surface area contributed by atoms with Gasteiger partial charge in [-0.25, -0.2) is 0 Å². The topological polar surface area (TPSA) is 44.4 Å². The molecule has 0 aromatic heterocycles. The second kappa shape index (κ2) is 8.14. The first-order valence-corrected chi connectivity index (χ1v) is 8.54. The Labute approximate surface area is 131 Å². The van der Waals surface area contributed by atoms with Crippen LogP contribution in [0.2, 0.25) is 0 Å². The minimum Gasteiger partial charge on any atom is -0.350 e. The quantitative estimate of drug-likeness (QED) is 0.791. The number of piperidine rings is 1. The van der Waals surface area contributed by atoms with Crippen molar-refractivity contribution in [3.8, 4) is 0 Å². The highest BCUT2D eigenvalue weighted by atomic mass is 16.2. The normalized spacial score (nSPS) is 21.0. The van der Waals surface area contributed by atoms with Crippen LogP contribution < -0.4 is 10.6 Å². The van der Waals surface area contributed by atoms with Crippen LogP contribution in [0.1, 0.15) is 60.8 Å². The van der Waals surface area contributed by atoms with Gasteiger partial charge in [-0.1, -0.05) is 6.92 Å². The van der Waals surface area contributed by atoms with Gasteiger partial charge in [0.15, 0.2) is 0 Å². The Bertz CT molecular complexity index is 316. The Hall–Kier alpha value is -0.610. The fraction of sp³-hybridized carbons (Fsp3) is 0.941. The number of likely N-dealkylation sites (tertiary alicyclic amines) is 1. The van der Waals surface area contributed by atoms with E-state index in [2.05, 4.69) is 29.4 Å². The summed E-state index contributed by atoms with van der Waals surface area (Å²) >= 11 is 0. The van der Waals surface area contributed by atoms with Gasteiger partial charge in [0.05, 0.1) is 6.04 Å². The molecular formula is C17H35N3O. The minimum atomic E-state index is -0.151. The third-order valence-corrected chi connectivity index (χ3v) is 4.42. The lowest BCUT2D eigenvalue weighted by molar-refractivity contribution is -0.127. The number of amides is 1. The SMILES string of the molecule is CCCNC(C)C1CCN(C(C)C(=O)NC(C)(C)C)CC1. The zero-order valence-corrected chi connectivity index (χ0v) is 14.8. The van der Waals surface area contributed by atoms with E-state index in [-0.39, 0.29) is 17.5 Å². The Kier molecular flexibility index (Phi) is 7.14. The number of hydrogen-bond donors (Lipinski definition) is 2. The van der Waals surface area contributed by atoms with Gasteiger partial charge in [0, 0.05) is 11.6 Å². The number of nitrogens with zero attached hydrogens (tertiary/aromatic N) is 1. The van der Waals surface area contributed by atoms with Gasteiger partial charge in [0.1, 0.15) is 0 Å². The Morgan fingerprint density at radius 2 is 1.81 bits per heavy atom. The van der Waals surface area contributed by atoms with Crippen molar-refractivity contribution in [2.75, 3.05) is 19.6 Å². The Balaban J connectivity index is 2.40. The predicted octanol–water partition coefficient (Wildman–Crippen LogP) is 2.39. The van der Waals surface area contributed by atoms with Gasteiger partial charge in [0.25, 0.3) is 0 Å². The van der Waals surface area contributed by atoms with Crippen LogP contribution in [0.3, 0.4) is 0 Å². The molecule has 1 heterocycles. The summed E-state index contributed by atoms with van der Waals surface area (Å²) in [5.74, 6) is 0.892. The zero-order valence-electron chi connectivity index (χ0n) is 14.8. The van der Waals surface area contributed by atoms with Gasteiger partial charge in [-0.15, -0.1) is 0 Å².